The standard InChI is InChI=1S/2C4H5N2.2C3H8N.Ti/c2*1-4-2-5-6-3-4;2*1-3-4-2;/h2*2-3H,1H3;2*3H2,1-2H3;/q4*-1;+4. The molecule has 0 unspecified atom stereocenters. The molecule has 0 aromatic carbocycles. The van der Waals surface area contributed by atoms with Crippen molar-refractivity contribution in [2.45, 2.75) is 27.7 Å². The topological polar surface area (TPSA) is 82.2 Å². The van der Waals surface area contributed by atoms with Gasteiger partial charge in [0.15, 0.2) is 0 Å². The molecule has 0 atom stereocenters. The van der Waals surface area contributed by atoms with Gasteiger partial charge < -0.3 is 31.0 Å². The number of hydrogen-bond donors (Lipinski definition) is 0. The van der Waals surface area contributed by atoms with Crippen molar-refractivity contribution in [3.05, 3.63) is 46.5 Å². The van der Waals surface area contributed by atoms with Gasteiger partial charge in [-0.05, 0) is 13.8 Å². The smallest absolute Gasteiger partial charge is 0.665 e. The number of rotatable bonds is 2. The fourth-order valence-electron chi connectivity index (χ4n) is 0.564. The fourth-order valence-corrected chi connectivity index (χ4v) is 0.564. The average molecular weight is 326 g/mol. The number of aromatic nitrogens is 4. The van der Waals surface area contributed by atoms with E-state index in [-0.39, 0.29) is 21.7 Å². The molecule has 0 N–H and O–H groups in total. The van der Waals surface area contributed by atoms with Gasteiger partial charge in [-0.3, -0.25) is 0 Å². The van der Waals surface area contributed by atoms with Crippen LogP contribution in [0.4, 0.5) is 0 Å². The molecule has 2 heterocycles. The quantitative estimate of drug-likeness (QED) is 0.795. The Balaban J connectivity index is -0.000000208. The van der Waals surface area contributed by atoms with Crippen molar-refractivity contribution in [3.8, 4) is 0 Å². The Morgan fingerprint density at radius 2 is 1.14 bits per heavy atom. The molecule has 0 bridgehead atoms. The molecule has 0 fully saturated rings. The molecular formula is C14H26N6Ti. The summed E-state index contributed by atoms with van der Waals surface area (Å²) in [6.45, 7) is 9.83. The van der Waals surface area contributed by atoms with Gasteiger partial charge in [0.1, 0.15) is 0 Å². The Labute approximate surface area is 143 Å². The molecule has 2 aromatic rings. The van der Waals surface area contributed by atoms with Crippen LogP contribution in [0, 0.1) is 13.8 Å². The van der Waals surface area contributed by atoms with E-state index in [1.165, 1.54) is 0 Å². The third-order valence-corrected chi connectivity index (χ3v) is 1.81. The average Bonchev–Trinajstić information content (AvgIpc) is 3.13. The van der Waals surface area contributed by atoms with Crippen LogP contribution in [0.1, 0.15) is 25.0 Å². The normalized spacial score (nSPS) is 7.90. The Hall–Kier alpha value is -0.946. The summed E-state index contributed by atoms with van der Waals surface area (Å²) in [7, 11) is 3.61. The SMILES string of the molecule is CC[N-]C.CC[N-]C.Cc1cn[n-]c1.Cc1cn[n-]c1.[Ti+4]. The summed E-state index contributed by atoms with van der Waals surface area (Å²) in [5, 5.41) is 21.8. The van der Waals surface area contributed by atoms with Crippen molar-refractivity contribution in [1.82, 2.24) is 20.4 Å². The molecule has 0 aliphatic heterocycles. The van der Waals surface area contributed by atoms with Crippen LogP contribution in [-0.4, -0.2) is 37.4 Å². The molecule has 21 heavy (non-hydrogen) atoms. The summed E-state index contributed by atoms with van der Waals surface area (Å²) >= 11 is 0. The monoisotopic (exact) mass is 326 g/mol. The molecule has 0 aliphatic carbocycles. The fraction of sp³-hybridized carbons (Fsp3) is 0.571. The number of aryl methyl sites for hydroxylation is 2. The van der Waals surface area contributed by atoms with Gasteiger partial charge in [0.2, 0.25) is 0 Å². The molecule has 116 valence electrons. The van der Waals surface area contributed by atoms with Gasteiger partial charge in [0.25, 0.3) is 0 Å². The molecule has 0 spiro atoms. The third kappa shape index (κ3) is 24.5. The molecule has 6 nitrogen and oxygen atoms in total. The molecule has 7 heteroatoms. The van der Waals surface area contributed by atoms with Gasteiger partial charge >= 0.3 is 21.7 Å². The Morgan fingerprint density at radius 3 is 1.19 bits per heavy atom. The second-order valence-corrected chi connectivity index (χ2v) is 3.73. The maximum absolute atomic E-state index is 3.74. The summed E-state index contributed by atoms with van der Waals surface area (Å²) in [6.07, 6.45) is 6.89. The van der Waals surface area contributed by atoms with Crippen LogP contribution in [0.3, 0.4) is 0 Å². The van der Waals surface area contributed by atoms with Gasteiger partial charge in [-0.15, -0.1) is 0 Å². The Morgan fingerprint density at radius 1 is 0.857 bits per heavy atom. The van der Waals surface area contributed by atoms with Crippen LogP contribution in [0.5, 0.6) is 0 Å². The van der Waals surface area contributed by atoms with Gasteiger partial charge in [-0.1, -0.05) is 25.0 Å². The van der Waals surface area contributed by atoms with Crippen LogP contribution in [0.2, 0.25) is 0 Å². The van der Waals surface area contributed by atoms with E-state index in [2.05, 4.69) is 31.0 Å². The van der Waals surface area contributed by atoms with E-state index in [4.69, 9.17) is 0 Å². The van der Waals surface area contributed by atoms with E-state index in [0.29, 0.717) is 0 Å². The number of nitrogens with zero attached hydrogens (tertiary/aromatic N) is 6. The molecule has 2 rings (SSSR count). The summed E-state index contributed by atoms with van der Waals surface area (Å²) < 4.78 is 0. The zero-order valence-corrected chi connectivity index (χ0v) is 15.5. The van der Waals surface area contributed by atoms with Crippen LogP contribution >= 0.6 is 0 Å². The second kappa shape index (κ2) is 21.4. The van der Waals surface area contributed by atoms with Crippen molar-refractivity contribution in [2.24, 2.45) is 0 Å². The maximum atomic E-state index is 3.74. The summed E-state index contributed by atoms with van der Waals surface area (Å²) in [5.74, 6) is 0. The third-order valence-electron chi connectivity index (χ3n) is 1.81. The predicted octanol–water partition coefficient (Wildman–Crippen LogP) is 2.71. The zero-order valence-electron chi connectivity index (χ0n) is 13.9. The van der Waals surface area contributed by atoms with E-state index in [0.717, 1.165) is 24.2 Å². The molecule has 0 saturated carbocycles. The minimum Gasteiger partial charge on any atom is -0.665 e. The first kappa shape index (κ1) is 25.0. The molecule has 0 aliphatic rings. The second-order valence-electron chi connectivity index (χ2n) is 3.73. The van der Waals surface area contributed by atoms with E-state index >= 15 is 0 Å². The van der Waals surface area contributed by atoms with Crippen molar-refractivity contribution < 1.29 is 21.7 Å². The summed E-state index contributed by atoms with van der Waals surface area (Å²) in [4.78, 5) is 0. The Bertz CT molecular complexity index is 307. The maximum Gasteiger partial charge on any atom is 4.00 e. The van der Waals surface area contributed by atoms with Crippen molar-refractivity contribution in [2.75, 3.05) is 27.2 Å². The molecule has 0 radical (unpaired) electrons. The first-order chi connectivity index (χ1) is 9.62. The van der Waals surface area contributed by atoms with Crippen molar-refractivity contribution in [3.63, 3.8) is 0 Å². The van der Waals surface area contributed by atoms with Crippen molar-refractivity contribution >= 4 is 0 Å². The van der Waals surface area contributed by atoms with E-state index < -0.39 is 0 Å². The first-order valence-corrected chi connectivity index (χ1v) is 6.53. The van der Waals surface area contributed by atoms with Crippen LogP contribution in [0.15, 0.2) is 24.8 Å². The van der Waals surface area contributed by atoms with Gasteiger partial charge in [-0.2, -0.15) is 39.6 Å². The van der Waals surface area contributed by atoms with Gasteiger partial charge in [0, 0.05) is 12.4 Å². The van der Waals surface area contributed by atoms with E-state index in [9.17, 15) is 0 Å². The largest absolute Gasteiger partial charge is 4.00 e. The first-order valence-electron chi connectivity index (χ1n) is 6.53. The van der Waals surface area contributed by atoms with Crippen LogP contribution in [0.25, 0.3) is 10.6 Å². The minimum absolute atomic E-state index is 0. The van der Waals surface area contributed by atoms with Crippen LogP contribution < -0.4 is 10.2 Å². The molecule has 2 aromatic heterocycles. The van der Waals surface area contributed by atoms with E-state index in [1.54, 1.807) is 38.9 Å². The summed E-state index contributed by atoms with van der Waals surface area (Å²) in [6, 6.07) is 0. The summed E-state index contributed by atoms with van der Waals surface area (Å²) in [5.41, 5.74) is 2.24. The van der Waals surface area contributed by atoms with Gasteiger partial charge in [-0.25, -0.2) is 0 Å². The molecular weight excluding hydrogens is 300 g/mol. The minimum atomic E-state index is 0. The van der Waals surface area contributed by atoms with E-state index in [1.807, 2.05) is 27.7 Å². The molecule has 0 amide bonds. The Kier molecular flexibility index (Phi) is 25.5. The van der Waals surface area contributed by atoms with Crippen LogP contribution in [-0.2, 0) is 21.7 Å². The zero-order chi connectivity index (χ0) is 15.6. The molecule has 0 saturated heterocycles. The van der Waals surface area contributed by atoms with Crippen molar-refractivity contribution in [1.29, 1.82) is 0 Å². The van der Waals surface area contributed by atoms with Gasteiger partial charge in [0.05, 0.1) is 0 Å². The predicted molar refractivity (Wildman–Crippen MR) is 84.2 cm³/mol. The number of hydrogen-bond acceptors (Lipinski definition) is 2.